The molecule has 3 fully saturated rings. The molecule has 0 spiro atoms. The second-order valence-electron chi connectivity index (χ2n) is 8.46. The molecule has 27 heavy (non-hydrogen) atoms. The van der Waals surface area contributed by atoms with Crippen LogP contribution in [-0.2, 0) is 28.5 Å². The van der Waals surface area contributed by atoms with Crippen molar-refractivity contribution in [2.45, 2.75) is 83.8 Å². The number of anilines is 1. The molecule has 0 aromatic heterocycles. The number of carbonyl (C=O) groups is 1. The van der Waals surface area contributed by atoms with Crippen LogP contribution >= 0.6 is 0 Å². The molecule has 1 aromatic carbocycles. The first-order valence-corrected chi connectivity index (χ1v) is 9.29. The summed E-state index contributed by atoms with van der Waals surface area (Å²) in [6.07, 6.45) is -3.03. The van der Waals surface area contributed by atoms with Gasteiger partial charge in [0.15, 0.2) is 24.0 Å². The highest BCUT2D eigenvalue weighted by Crippen LogP contribution is 2.44. The molecule has 0 bridgehead atoms. The Labute approximate surface area is 159 Å². The SMILES string of the molecule is Cc1cc(C)cc(NC(=O)[C@@H]2O[C@@H]3OC(C)(C)O[C@@H]3[C@H]3OC(C)(C)O[C@H]32)c1. The molecule has 0 saturated carbocycles. The van der Waals surface area contributed by atoms with Crippen LogP contribution in [0.25, 0.3) is 0 Å². The predicted octanol–water partition coefficient (Wildman–Crippen LogP) is 2.64. The third-order valence-electron chi connectivity index (χ3n) is 4.90. The highest BCUT2D eigenvalue weighted by Gasteiger charge is 2.62. The highest BCUT2D eigenvalue weighted by atomic mass is 16.9. The maximum Gasteiger partial charge on any atom is 0.256 e. The van der Waals surface area contributed by atoms with Crippen LogP contribution in [0.4, 0.5) is 5.69 Å². The normalized spacial score (nSPS) is 36.1. The van der Waals surface area contributed by atoms with Crippen molar-refractivity contribution in [3.63, 3.8) is 0 Å². The molecule has 148 valence electrons. The van der Waals surface area contributed by atoms with E-state index in [1.807, 2.05) is 53.7 Å². The lowest BCUT2D eigenvalue weighted by Crippen LogP contribution is -2.58. The Morgan fingerprint density at radius 1 is 0.852 bits per heavy atom. The van der Waals surface area contributed by atoms with Crippen molar-refractivity contribution in [2.24, 2.45) is 0 Å². The van der Waals surface area contributed by atoms with Crippen molar-refractivity contribution in [1.82, 2.24) is 0 Å². The first kappa shape index (κ1) is 18.8. The van der Waals surface area contributed by atoms with Gasteiger partial charge >= 0.3 is 0 Å². The van der Waals surface area contributed by atoms with Crippen molar-refractivity contribution in [3.05, 3.63) is 29.3 Å². The summed E-state index contributed by atoms with van der Waals surface area (Å²) in [5, 5.41) is 2.94. The minimum absolute atomic E-state index is 0.289. The van der Waals surface area contributed by atoms with Gasteiger partial charge in [0.2, 0.25) is 0 Å². The number of aryl methyl sites for hydroxylation is 2. The summed E-state index contributed by atoms with van der Waals surface area (Å²) in [4.78, 5) is 13.0. The fourth-order valence-corrected chi connectivity index (χ4v) is 4.08. The zero-order chi connectivity index (χ0) is 19.6. The Bertz CT molecular complexity index is 741. The molecule has 3 heterocycles. The molecule has 1 amide bonds. The summed E-state index contributed by atoms with van der Waals surface area (Å²) in [5.74, 6) is -1.93. The standard InChI is InChI=1S/C20H27NO6/c1-10-7-11(2)9-12(8-10)21-17(22)15-13-14(25-19(3,4)24-13)16-18(23-15)27-20(5,6)26-16/h7-9,13-16,18H,1-6H3,(H,21,22)/t13-,14+,15-,16-,18-/m1/s1. The molecule has 3 saturated heterocycles. The third kappa shape index (κ3) is 3.62. The molecule has 3 aliphatic heterocycles. The number of ether oxygens (including phenoxy) is 5. The Kier molecular flexibility index (Phi) is 4.36. The van der Waals surface area contributed by atoms with E-state index < -0.39 is 42.3 Å². The Hall–Kier alpha value is -1.51. The van der Waals surface area contributed by atoms with E-state index in [1.165, 1.54) is 0 Å². The molecule has 7 heteroatoms. The van der Waals surface area contributed by atoms with Crippen LogP contribution in [0, 0.1) is 13.8 Å². The monoisotopic (exact) mass is 377 g/mol. The molecule has 1 aromatic rings. The Morgan fingerprint density at radius 3 is 2.07 bits per heavy atom. The largest absolute Gasteiger partial charge is 0.342 e. The number of amides is 1. The number of carbonyl (C=O) groups excluding carboxylic acids is 1. The Morgan fingerprint density at radius 2 is 1.41 bits per heavy atom. The second-order valence-corrected chi connectivity index (χ2v) is 8.46. The lowest BCUT2D eigenvalue weighted by Gasteiger charge is -2.36. The van der Waals surface area contributed by atoms with Crippen molar-refractivity contribution >= 4 is 11.6 Å². The lowest BCUT2D eigenvalue weighted by molar-refractivity contribution is -0.229. The fourth-order valence-electron chi connectivity index (χ4n) is 4.08. The second kappa shape index (κ2) is 6.25. The van der Waals surface area contributed by atoms with Crippen LogP contribution in [0.3, 0.4) is 0 Å². The van der Waals surface area contributed by atoms with Gasteiger partial charge in [0.05, 0.1) is 0 Å². The van der Waals surface area contributed by atoms with E-state index in [0.29, 0.717) is 0 Å². The summed E-state index contributed by atoms with van der Waals surface area (Å²) in [6, 6.07) is 5.89. The maximum absolute atomic E-state index is 13.0. The molecule has 7 nitrogen and oxygen atoms in total. The van der Waals surface area contributed by atoms with Gasteiger partial charge in [0, 0.05) is 5.69 Å². The zero-order valence-electron chi connectivity index (χ0n) is 16.6. The van der Waals surface area contributed by atoms with Crippen LogP contribution in [0.2, 0.25) is 0 Å². The van der Waals surface area contributed by atoms with E-state index in [-0.39, 0.29) is 5.91 Å². The Balaban J connectivity index is 1.59. The van der Waals surface area contributed by atoms with Gasteiger partial charge in [0.1, 0.15) is 18.3 Å². The molecular weight excluding hydrogens is 350 g/mol. The van der Waals surface area contributed by atoms with Crippen molar-refractivity contribution in [2.75, 3.05) is 5.32 Å². The average molecular weight is 377 g/mol. The van der Waals surface area contributed by atoms with Gasteiger partial charge in [-0.3, -0.25) is 4.79 Å². The van der Waals surface area contributed by atoms with Crippen LogP contribution < -0.4 is 5.32 Å². The van der Waals surface area contributed by atoms with E-state index in [2.05, 4.69) is 11.4 Å². The molecule has 0 unspecified atom stereocenters. The minimum atomic E-state index is -0.864. The van der Waals surface area contributed by atoms with E-state index >= 15 is 0 Å². The van der Waals surface area contributed by atoms with Crippen molar-refractivity contribution in [1.29, 1.82) is 0 Å². The number of benzene rings is 1. The molecule has 0 radical (unpaired) electrons. The number of nitrogens with one attached hydrogen (secondary N) is 1. The van der Waals surface area contributed by atoms with Gasteiger partial charge in [-0.2, -0.15) is 0 Å². The molecular formula is C20H27NO6. The summed E-state index contributed by atoms with van der Waals surface area (Å²) in [6.45, 7) is 11.2. The van der Waals surface area contributed by atoms with Gasteiger partial charge in [0.25, 0.3) is 5.91 Å². The van der Waals surface area contributed by atoms with Crippen LogP contribution in [0.5, 0.6) is 0 Å². The van der Waals surface area contributed by atoms with Gasteiger partial charge in [-0.05, 0) is 64.8 Å². The summed E-state index contributed by atoms with van der Waals surface area (Å²) < 4.78 is 29.8. The quantitative estimate of drug-likeness (QED) is 0.854. The number of hydrogen-bond acceptors (Lipinski definition) is 6. The van der Waals surface area contributed by atoms with Crippen LogP contribution in [0.15, 0.2) is 18.2 Å². The molecule has 3 aliphatic rings. The van der Waals surface area contributed by atoms with Crippen molar-refractivity contribution in [3.8, 4) is 0 Å². The zero-order valence-corrected chi connectivity index (χ0v) is 16.6. The fraction of sp³-hybridized carbons (Fsp3) is 0.650. The predicted molar refractivity (Wildman–Crippen MR) is 97.1 cm³/mol. The van der Waals surface area contributed by atoms with E-state index in [1.54, 1.807) is 0 Å². The first-order valence-electron chi connectivity index (χ1n) is 9.29. The molecule has 1 N–H and O–H groups in total. The summed E-state index contributed by atoms with van der Waals surface area (Å²) in [5.41, 5.74) is 2.87. The summed E-state index contributed by atoms with van der Waals surface area (Å²) >= 11 is 0. The number of rotatable bonds is 2. The van der Waals surface area contributed by atoms with Crippen LogP contribution in [-0.4, -0.2) is 48.2 Å². The average Bonchev–Trinajstić information content (AvgIpc) is 2.99. The van der Waals surface area contributed by atoms with Crippen molar-refractivity contribution < 1.29 is 28.5 Å². The number of fused-ring (bicyclic) bond motifs is 3. The smallest absolute Gasteiger partial charge is 0.256 e. The molecule has 0 aliphatic carbocycles. The van der Waals surface area contributed by atoms with Gasteiger partial charge < -0.3 is 29.0 Å². The summed E-state index contributed by atoms with van der Waals surface area (Å²) in [7, 11) is 0. The van der Waals surface area contributed by atoms with Crippen LogP contribution in [0.1, 0.15) is 38.8 Å². The van der Waals surface area contributed by atoms with Gasteiger partial charge in [-0.15, -0.1) is 0 Å². The first-order chi connectivity index (χ1) is 12.5. The van der Waals surface area contributed by atoms with Gasteiger partial charge in [-0.1, -0.05) is 6.07 Å². The van der Waals surface area contributed by atoms with E-state index in [4.69, 9.17) is 23.7 Å². The number of hydrogen-bond donors (Lipinski definition) is 1. The highest BCUT2D eigenvalue weighted by molar-refractivity contribution is 5.95. The lowest BCUT2D eigenvalue weighted by atomic mass is 9.98. The molecule has 4 rings (SSSR count). The third-order valence-corrected chi connectivity index (χ3v) is 4.90. The van der Waals surface area contributed by atoms with E-state index in [9.17, 15) is 4.79 Å². The van der Waals surface area contributed by atoms with E-state index in [0.717, 1.165) is 16.8 Å². The van der Waals surface area contributed by atoms with Gasteiger partial charge in [-0.25, -0.2) is 0 Å². The molecule has 5 atom stereocenters. The minimum Gasteiger partial charge on any atom is -0.342 e. The maximum atomic E-state index is 13.0. The topological polar surface area (TPSA) is 75.3 Å².